The molecule has 138 valence electrons. The summed E-state index contributed by atoms with van der Waals surface area (Å²) >= 11 is 1.31. The van der Waals surface area contributed by atoms with Gasteiger partial charge in [0.25, 0.3) is 0 Å². The van der Waals surface area contributed by atoms with Gasteiger partial charge in [-0.2, -0.15) is 0 Å². The SMILES string of the molecule is COc1ccc(NC(=O)CSc2nncn3c2cc2occc23)cc1OC. The summed E-state index contributed by atoms with van der Waals surface area (Å²) < 4.78 is 17.7. The van der Waals surface area contributed by atoms with E-state index in [1.807, 2.05) is 16.5 Å². The van der Waals surface area contributed by atoms with Gasteiger partial charge >= 0.3 is 0 Å². The molecule has 0 unspecified atom stereocenters. The average Bonchev–Trinajstić information content (AvgIpc) is 3.28. The molecular weight excluding hydrogens is 368 g/mol. The van der Waals surface area contributed by atoms with Gasteiger partial charge in [-0.05, 0) is 12.1 Å². The van der Waals surface area contributed by atoms with Gasteiger partial charge in [0.15, 0.2) is 17.1 Å². The molecule has 0 spiro atoms. The lowest BCUT2D eigenvalue weighted by Gasteiger charge is -2.10. The van der Waals surface area contributed by atoms with Gasteiger partial charge in [-0.25, -0.2) is 0 Å². The Kier molecular flexibility index (Phi) is 4.59. The van der Waals surface area contributed by atoms with Gasteiger partial charge in [0.05, 0.1) is 37.3 Å². The van der Waals surface area contributed by atoms with Crippen molar-refractivity contribution < 1.29 is 18.7 Å². The van der Waals surface area contributed by atoms with Crippen LogP contribution in [0.2, 0.25) is 0 Å². The molecule has 3 aromatic heterocycles. The van der Waals surface area contributed by atoms with E-state index in [0.29, 0.717) is 22.2 Å². The molecular formula is C18H16N4O4S. The minimum atomic E-state index is -0.161. The van der Waals surface area contributed by atoms with E-state index in [1.54, 1.807) is 45.0 Å². The number of amides is 1. The molecule has 1 amide bonds. The number of nitrogens with zero attached hydrogens (tertiary/aromatic N) is 3. The molecule has 27 heavy (non-hydrogen) atoms. The lowest BCUT2D eigenvalue weighted by Crippen LogP contribution is -2.14. The van der Waals surface area contributed by atoms with Crippen LogP contribution in [0.3, 0.4) is 0 Å². The van der Waals surface area contributed by atoms with Crippen LogP contribution in [-0.4, -0.2) is 40.5 Å². The number of ether oxygens (including phenoxy) is 2. The summed E-state index contributed by atoms with van der Waals surface area (Å²) in [5.74, 6) is 1.18. The fourth-order valence-corrected chi connectivity index (χ4v) is 3.51. The fourth-order valence-electron chi connectivity index (χ4n) is 2.76. The lowest BCUT2D eigenvalue weighted by atomic mass is 10.2. The molecule has 0 saturated carbocycles. The van der Waals surface area contributed by atoms with Crippen LogP contribution >= 0.6 is 11.8 Å². The number of anilines is 1. The zero-order valence-electron chi connectivity index (χ0n) is 14.6. The number of thioether (sulfide) groups is 1. The number of benzene rings is 1. The zero-order valence-corrected chi connectivity index (χ0v) is 15.4. The number of aromatic nitrogens is 3. The highest BCUT2D eigenvalue weighted by Crippen LogP contribution is 2.30. The molecule has 9 heteroatoms. The number of hydrogen-bond acceptors (Lipinski definition) is 7. The Morgan fingerprint density at radius 3 is 2.85 bits per heavy atom. The summed E-state index contributed by atoms with van der Waals surface area (Å²) in [6, 6.07) is 8.96. The molecule has 0 aliphatic heterocycles. The Bertz CT molecular complexity index is 1120. The molecule has 0 aliphatic carbocycles. The van der Waals surface area contributed by atoms with Gasteiger partial charge in [-0.3, -0.25) is 9.20 Å². The van der Waals surface area contributed by atoms with E-state index < -0.39 is 0 Å². The van der Waals surface area contributed by atoms with E-state index >= 15 is 0 Å². The quantitative estimate of drug-likeness (QED) is 0.510. The number of carbonyl (C=O) groups is 1. The van der Waals surface area contributed by atoms with Gasteiger partial charge in [-0.15, -0.1) is 10.2 Å². The molecule has 0 bridgehead atoms. The molecule has 0 atom stereocenters. The van der Waals surface area contributed by atoms with Gasteiger partial charge in [-0.1, -0.05) is 11.8 Å². The predicted octanol–water partition coefficient (Wildman–Crippen LogP) is 3.22. The number of furan rings is 1. The van der Waals surface area contributed by atoms with Crippen LogP contribution in [0.1, 0.15) is 0 Å². The summed E-state index contributed by atoms with van der Waals surface area (Å²) in [7, 11) is 3.11. The monoisotopic (exact) mass is 384 g/mol. The number of nitrogens with one attached hydrogen (secondary N) is 1. The maximum Gasteiger partial charge on any atom is 0.234 e. The van der Waals surface area contributed by atoms with E-state index in [4.69, 9.17) is 13.9 Å². The second kappa shape index (κ2) is 7.20. The highest BCUT2D eigenvalue weighted by atomic mass is 32.2. The minimum Gasteiger partial charge on any atom is -0.493 e. The van der Waals surface area contributed by atoms with Crippen LogP contribution in [0.25, 0.3) is 16.6 Å². The van der Waals surface area contributed by atoms with Crippen LogP contribution in [0, 0.1) is 0 Å². The second-order valence-corrected chi connectivity index (χ2v) is 6.58. The topological polar surface area (TPSA) is 90.9 Å². The standard InChI is InChI=1S/C18H16N4O4S/c1-24-14-4-3-11(7-16(14)25-2)20-17(23)9-27-18-13-8-15-12(5-6-26-15)22(13)10-19-21-18/h3-8,10H,9H2,1-2H3,(H,20,23). The van der Waals surface area contributed by atoms with Gasteiger partial charge < -0.3 is 19.2 Å². The number of fused-ring (bicyclic) bond motifs is 3. The van der Waals surface area contributed by atoms with Crippen molar-refractivity contribution in [1.29, 1.82) is 0 Å². The molecule has 0 fully saturated rings. The van der Waals surface area contributed by atoms with Crippen molar-refractivity contribution in [3.8, 4) is 11.5 Å². The number of hydrogen-bond donors (Lipinski definition) is 1. The van der Waals surface area contributed by atoms with E-state index in [0.717, 1.165) is 16.6 Å². The van der Waals surface area contributed by atoms with E-state index in [-0.39, 0.29) is 11.7 Å². The Labute approximate surface area is 158 Å². The first-order chi connectivity index (χ1) is 13.2. The Hall–Kier alpha value is -3.20. The average molecular weight is 384 g/mol. The van der Waals surface area contributed by atoms with Crippen LogP contribution in [0.4, 0.5) is 5.69 Å². The van der Waals surface area contributed by atoms with E-state index in [2.05, 4.69) is 15.5 Å². The maximum atomic E-state index is 12.3. The molecule has 3 heterocycles. The highest BCUT2D eigenvalue weighted by Gasteiger charge is 2.13. The van der Waals surface area contributed by atoms with Crippen LogP contribution < -0.4 is 14.8 Å². The lowest BCUT2D eigenvalue weighted by molar-refractivity contribution is -0.113. The molecule has 0 saturated heterocycles. The first kappa shape index (κ1) is 17.2. The molecule has 4 aromatic rings. The number of carbonyl (C=O) groups excluding carboxylic acids is 1. The van der Waals surface area contributed by atoms with Gasteiger partial charge in [0, 0.05) is 23.9 Å². The smallest absolute Gasteiger partial charge is 0.234 e. The van der Waals surface area contributed by atoms with E-state index in [1.165, 1.54) is 11.8 Å². The van der Waals surface area contributed by atoms with Crippen molar-refractivity contribution in [3.05, 3.63) is 42.9 Å². The Balaban J connectivity index is 1.47. The number of methoxy groups -OCH3 is 2. The highest BCUT2D eigenvalue weighted by molar-refractivity contribution is 8.00. The maximum absolute atomic E-state index is 12.3. The van der Waals surface area contributed by atoms with Crippen LogP contribution in [0.15, 0.2) is 52.4 Å². The third kappa shape index (κ3) is 3.28. The van der Waals surface area contributed by atoms with Gasteiger partial charge in [0.1, 0.15) is 11.4 Å². The van der Waals surface area contributed by atoms with Crippen molar-refractivity contribution in [2.45, 2.75) is 5.03 Å². The van der Waals surface area contributed by atoms with E-state index in [9.17, 15) is 4.79 Å². The van der Waals surface area contributed by atoms with Crippen LogP contribution in [-0.2, 0) is 4.79 Å². The summed E-state index contributed by atoms with van der Waals surface area (Å²) in [4.78, 5) is 12.3. The molecule has 4 rings (SSSR count). The second-order valence-electron chi connectivity index (χ2n) is 5.61. The normalized spacial score (nSPS) is 11.0. The van der Waals surface area contributed by atoms with Crippen molar-refractivity contribution in [2.75, 3.05) is 25.3 Å². The molecule has 0 aliphatic rings. The van der Waals surface area contributed by atoms with Crippen molar-refractivity contribution >= 4 is 40.0 Å². The first-order valence-corrected chi connectivity index (χ1v) is 9.03. The van der Waals surface area contributed by atoms with Crippen LogP contribution in [0.5, 0.6) is 11.5 Å². The third-order valence-corrected chi connectivity index (χ3v) is 4.97. The molecule has 1 aromatic carbocycles. The predicted molar refractivity (Wildman–Crippen MR) is 102 cm³/mol. The van der Waals surface area contributed by atoms with Crippen molar-refractivity contribution in [3.63, 3.8) is 0 Å². The fraction of sp³-hybridized carbons (Fsp3) is 0.167. The Morgan fingerprint density at radius 1 is 1.19 bits per heavy atom. The summed E-state index contributed by atoms with van der Waals surface area (Å²) in [6.07, 6.45) is 3.25. The third-order valence-electron chi connectivity index (χ3n) is 4.00. The first-order valence-electron chi connectivity index (χ1n) is 8.04. The summed E-state index contributed by atoms with van der Waals surface area (Å²) in [6.45, 7) is 0. The summed E-state index contributed by atoms with van der Waals surface area (Å²) in [5.41, 5.74) is 3.14. The molecule has 8 nitrogen and oxygen atoms in total. The Morgan fingerprint density at radius 2 is 2.04 bits per heavy atom. The largest absolute Gasteiger partial charge is 0.493 e. The molecule has 0 radical (unpaired) electrons. The van der Waals surface area contributed by atoms with Crippen molar-refractivity contribution in [2.24, 2.45) is 0 Å². The molecule has 1 N–H and O–H groups in total. The minimum absolute atomic E-state index is 0.161. The van der Waals surface area contributed by atoms with Gasteiger partial charge in [0.2, 0.25) is 5.91 Å². The van der Waals surface area contributed by atoms with Crippen molar-refractivity contribution in [1.82, 2.24) is 14.6 Å². The zero-order chi connectivity index (χ0) is 18.8. The summed E-state index contributed by atoms with van der Waals surface area (Å²) in [5, 5.41) is 11.6. The number of rotatable bonds is 6.